The fourth-order valence-electron chi connectivity index (χ4n) is 5.86. The first kappa shape index (κ1) is 33.9. The Labute approximate surface area is 252 Å². The zero-order chi connectivity index (χ0) is 30.0. The molecule has 1 aliphatic carbocycles. The van der Waals surface area contributed by atoms with E-state index in [2.05, 4.69) is 13.8 Å². The van der Waals surface area contributed by atoms with Crippen molar-refractivity contribution in [2.45, 2.75) is 123 Å². The lowest BCUT2D eigenvalue weighted by Gasteiger charge is -2.28. The molecule has 0 bridgehead atoms. The van der Waals surface area contributed by atoms with E-state index in [4.69, 9.17) is 14.2 Å². The van der Waals surface area contributed by atoms with E-state index in [1.165, 1.54) is 95.6 Å². The van der Waals surface area contributed by atoms with E-state index in [1.54, 1.807) is 24.3 Å². The molecule has 0 N–H and O–H groups in total. The number of hydrogen-bond donors (Lipinski definition) is 0. The van der Waals surface area contributed by atoms with Gasteiger partial charge in [0.2, 0.25) is 5.82 Å². The largest absolute Gasteiger partial charge is 0.494 e. The van der Waals surface area contributed by atoms with Crippen LogP contribution in [0.15, 0.2) is 36.4 Å². The van der Waals surface area contributed by atoms with Crippen LogP contribution in [0.25, 0.3) is 0 Å². The maximum Gasteiger partial charge on any atom is 0.346 e. The molecule has 0 unspecified atom stereocenters. The lowest BCUT2D eigenvalue weighted by Crippen LogP contribution is -2.15. The number of unbranched alkanes of at least 4 members (excludes halogenated alkanes) is 8. The number of halogens is 2. The second-order valence-corrected chi connectivity index (χ2v) is 11.9. The minimum atomic E-state index is -1.26. The monoisotopic (exact) mass is 586 g/mol. The Kier molecular flexibility index (Phi) is 15.8. The number of benzene rings is 2. The van der Waals surface area contributed by atoms with E-state index in [1.807, 2.05) is 0 Å². The summed E-state index contributed by atoms with van der Waals surface area (Å²) in [4.78, 5) is 12.5. The summed E-state index contributed by atoms with van der Waals surface area (Å²) in [5, 5.41) is 0. The summed E-state index contributed by atoms with van der Waals surface area (Å²) < 4.78 is 45.8. The summed E-state index contributed by atoms with van der Waals surface area (Å²) in [5.74, 6) is -0.904. The Morgan fingerprint density at radius 3 is 1.86 bits per heavy atom. The highest BCUT2D eigenvalue weighted by Gasteiger charge is 2.22. The molecule has 0 heterocycles. The summed E-state index contributed by atoms with van der Waals surface area (Å²) in [5.41, 5.74) is -0.467. The second kappa shape index (κ2) is 19.5. The zero-order valence-corrected chi connectivity index (χ0v) is 25.9. The van der Waals surface area contributed by atoms with Crippen LogP contribution >= 0.6 is 0 Å². The number of carbonyl (C=O) groups excluding carboxylic acids is 1. The van der Waals surface area contributed by atoms with E-state index >= 15 is 0 Å². The average Bonchev–Trinajstić information content (AvgIpc) is 3.00. The fourth-order valence-corrected chi connectivity index (χ4v) is 5.86. The van der Waals surface area contributed by atoms with Crippen molar-refractivity contribution >= 4 is 5.97 Å². The molecular formula is C36H52F2O4. The van der Waals surface area contributed by atoms with Gasteiger partial charge in [-0.3, -0.25) is 0 Å². The molecule has 0 aliphatic heterocycles. The third-order valence-corrected chi connectivity index (χ3v) is 8.51. The SMILES string of the molecule is CCCCCCCCCOc1ccc(C(=O)Oc2ccc(OCCC[C@H]3CC[C@H](CCCCC)CC3)cc2)c(F)c1F. The third-order valence-electron chi connectivity index (χ3n) is 8.51. The molecule has 0 amide bonds. The molecule has 6 heteroatoms. The van der Waals surface area contributed by atoms with E-state index in [9.17, 15) is 13.6 Å². The molecule has 42 heavy (non-hydrogen) atoms. The lowest BCUT2D eigenvalue weighted by atomic mass is 9.78. The van der Waals surface area contributed by atoms with Crippen molar-refractivity contribution in [3.8, 4) is 17.2 Å². The lowest BCUT2D eigenvalue weighted by molar-refractivity contribution is 0.0728. The highest BCUT2D eigenvalue weighted by Crippen LogP contribution is 2.34. The molecular weight excluding hydrogens is 534 g/mol. The van der Waals surface area contributed by atoms with E-state index < -0.39 is 23.2 Å². The first-order chi connectivity index (χ1) is 20.5. The molecule has 2 aromatic carbocycles. The van der Waals surface area contributed by atoms with Gasteiger partial charge in [-0.1, -0.05) is 104 Å². The topological polar surface area (TPSA) is 44.8 Å². The Hall–Kier alpha value is -2.63. The van der Waals surface area contributed by atoms with Crippen LogP contribution in [0.5, 0.6) is 17.2 Å². The Morgan fingerprint density at radius 1 is 0.643 bits per heavy atom. The standard InChI is InChI=1S/C36H52F2O4/c1-3-5-7-8-9-10-12-26-41-33-25-24-32(34(37)35(33)38)36(39)42-31-22-20-30(21-23-31)40-27-13-15-29-18-16-28(17-19-29)14-11-6-4-2/h20-25,28-29H,3-19,26-27H2,1-2H3/t28-,29-. The quantitative estimate of drug-likeness (QED) is 0.0879. The highest BCUT2D eigenvalue weighted by atomic mass is 19.2. The van der Waals surface area contributed by atoms with Crippen LogP contribution in [0, 0.1) is 23.5 Å². The van der Waals surface area contributed by atoms with Gasteiger partial charge in [0, 0.05) is 0 Å². The summed E-state index contributed by atoms with van der Waals surface area (Å²) in [7, 11) is 0. The van der Waals surface area contributed by atoms with Crippen molar-refractivity contribution < 1.29 is 27.8 Å². The van der Waals surface area contributed by atoms with E-state index in [0.717, 1.165) is 37.5 Å². The van der Waals surface area contributed by atoms with Gasteiger partial charge < -0.3 is 14.2 Å². The molecule has 234 valence electrons. The van der Waals surface area contributed by atoms with Gasteiger partial charge in [0.05, 0.1) is 18.8 Å². The summed E-state index contributed by atoms with van der Waals surface area (Å²) >= 11 is 0. The highest BCUT2D eigenvalue weighted by molar-refractivity contribution is 5.91. The van der Waals surface area contributed by atoms with E-state index in [-0.39, 0.29) is 11.5 Å². The van der Waals surface area contributed by atoms with Gasteiger partial charge in [-0.05, 0) is 67.5 Å². The number of carbonyl (C=O) groups is 1. The molecule has 0 saturated heterocycles. The van der Waals surface area contributed by atoms with Crippen LogP contribution in [0.1, 0.15) is 133 Å². The molecule has 4 nitrogen and oxygen atoms in total. The predicted octanol–water partition coefficient (Wildman–Crippen LogP) is 10.9. The normalized spacial score (nSPS) is 16.8. The Bertz CT molecular complexity index is 1030. The first-order valence-corrected chi connectivity index (χ1v) is 16.6. The maximum atomic E-state index is 14.6. The maximum absolute atomic E-state index is 14.6. The minimum absolute atomic E-state index is 0.188. The van der Waals surface area contributed by atoms with Gasteiger partial charge in [0.1, 0.15) is 11.5 Å². The van der Waals surface area contributed by atoms with Crippen LogP contribution in [0.3, 0.4) is 0 Å². The Balaban J connectivity index is 1.34. The molecule has 1 aliphatic rings. The van der Waals surface area contributed by atoms with Crippen molar-refractivity contribution in [2.24, 2.45) is 11.8 Å². The molecule has 0 spiro atoms. The molecule has 0 aromatic heterocycles. The van der Waals surface area contributed by atoms with Gasteiger partial charge in [0.25, 0.3) is 0 Å². The second-order valence-electron chi connectivity index (χ2n) is 11.9. The number of hydrogen-bond acceptors (Lipinski definition) is 4. The minimum Gasteiger partial charge on any atom is -0.494 e. The molecule has 2 aromatic rings. The summed E-state index contributed by atoms with van der Waals surface area (Å²) in [6.07, 6.45) is 20.8. The molecule has 3 rings (SSSR count). The van der Waals surface area contributed by atoms with Gasteiger partial charge >= 0.3 is 5.97 Å². The van der Waals surface area contributed by atoms with Gasteiger partial charge in [0.15, 0.2) is 11.6 Å². The van der Waals surface area contributed by atoms with Crippen LogP contribution < -0.4 is 14.2 Å². The fraction of sp³-hybridized carbons (Fsp3) is 0.639. The van der Waals surface area contributed by atoms with Gasteiger partial charge in [-0.25, -0.2) is 9.18 Å². The van der Waals surface area contributed by atoms with Crippen molar-refractivity contribution in [3.05, 3.63) is 53.6 Å². The molecule has 0 atom stereocenters. The molecule has 0 radical (unpaired) electrons. The van der Waals surface area contributed by atoms with Crippen LogP contribution in [-0.4, -0.2) is 19.2 Å². The van der Waals surface area contributed by atoms with Crippen molar-refractivity contribution in [1.29, 1.82) is 0 Å². The number of rotatable bonds is 20. The van der Waals surface area contributed by atoms with Gasteiger partial charge in [-0.15, -0.1) is 0 Å². The van der Waals surface area contributed by atoms with Crippen LogP contribution in [0.4, 0.5) is 8.78 Å². The van der Waals surface area contributed by atoms with Crippen LogP contribution in [0.2, 0.25) is 0 Å². The summed E-state index contributed by atoms with van der Waals surface area (Å²) in [6, 6.07) is 9.13. The van der Waals surface area contributed by atoms with Crippen molar-refractivity contribution in [3.63, 3.8) is 0 Å². The molecule has 1 fully saturated rings. The van der Waals surface area contributed by atoms with Crippen molar-refractivity contribution in [1.82, 2.24) is 0 Å². The predicted molar refractivity (Wildman–Crippen MR) is 166 cm³/mol. The molecule has 1 saturated carbocycles. The number of esters is 1. The summed E-state index contributed by atoms with van der Waals surface area (Å²) in [6.45, 7) is 5.40. The first-order valence-electron chi connectivity index (χ1n) is 16.6. The number of ether oxygens (including phenoxy) is 3. The average molecular weight is 587 g/mol. The zero-order valence-electron chi connectivity index (χ0n) is 25.9. The Morgan fingerprint density at radius 2 is 1.19 bits per heavy atom. The van der Waals surface area contributed by atoms with Crippen molar-refractivity contribution in [2.75, 3.05) is 13.2 Å². The smallest absolute Gasteiger partial charge is 0.346 e. The van der Waals surface area contributed by atoms with Gasteiger partial charge in [-0.2, -0.15) is 4.39 Å². The third kappa shape index (κ3) is 11.9. The van der Waals surface area contributed by atoms with Crippen LogP contribution in [-0.2, 0) is 0 Å². The van der Waals surface area contributed by atoms with E-state index in [0.29, 0.717) is 19.0 Å².